The number of benzene rings is 1. The molecule has 1 saturated heterocycles. The number of rotatable bonds is 5. The lowest BCUT2D eigenvalue weighted by atomic mass is 10.1. The van der Waals surface area contributed by atoms with Crippen LogP contribution in [-0.2, 0) is 17.9 Å². The van der Waals surface area contributed by atoms with Gasteiger partial charge in [0, 0.05) is 32.7 Å². The highest BCUT2D eigenvalue weighted by molar-refractivity contribution is 5.74. The van der Waals surface area contributed by atoms with Gasteiger partial charge in [0.2, 0.25) is 0 Å². The van der Waals surface area contributed by atoms with Crippen LogP contribution in [0.2, 0.25) is 0 Å². The van der Waals surface area contributed by atoms with Crippen molar-refractivity contribution in [1.82, 2.24) is 20.4 Å². The van der Waals surface area contributed by atoms with Crippen LogP contribution in [0.5, 0.6) is 0 Å². The molecule has 122 valence electrons. The van der Waals surface area contributed by atoms with Crippen molar-refractivity contribution in [2.75, 3.05) is 20.2 Å². The first-order chi connectivity index (χ1) is 11.3. The summed E-state index contributed by atoms with van der Waals surface area (Å²) in [5.74, 6) is 1.23. The van der Waals surface area contributed by atoms with Gasteiger partial charge in [-0.15, -0.1) is 0 Å². The molecule has 1 atom stereocenters. The number of aromatic nitrogens is 2. The molecule has 3 rings (SSSR count). The van der Waals surface area contributed by atoms with Gasteiger partial charge in [0.1, 0.15) is 6.61 Å². The number of nitrogens with zero attached hydrogens (tertiary/aromatic N) is 3. The van der Waals surface area contributed by atoms with E-state index in [1.165, 1.54) is 0 Å². The first-order valence-corrected chi connectivity index (χ1v) is 7.64. The molecule has 7 nitrogen and oxygen atoms in total. The topological polar surface area (TPSA) is 80.5 Å². The van der Waals surface area contributed by atoms with Crippen molar-refractivity contribution in [2.45, 2.75) is 25.5 Å². The highest BCUT2D eigenvalue weighted by Gasteiger charge is 2.30. The molecule has 0 spiro atoms. The molecule has 1 N–H and O–H groups in total. The number of amides is 2. The summed E-state index contributed by atoms with van der Waals surface area (Å²) < 4.78 is 10.1. The Morgan fingerprint density at radius 2 is 2.26 bits per heavy atom. The second kappa shape index (κ2) is 7.23. The molecule has 0 radical (unpaired) electrons. The molecule has 7 heteroatoms. The minimum atomic E-state index is -0.0584. The fraction of sp³-hybridized carbons (Fsp3) is 0.438. The van der Waals surface area contributed by atoms with Crippen molar-refractivity contribution in [3.05, 3.63) is 47.6 Å². The maximum Gasteiger partial charge on any atom is 0.317 e. The van der Waals surface area contributed by atoms with Crippen LogP contribution in [0.15, 0.2) is 34.9 Å². The SMILES string of the molecule is COCc1nc(C2CCN(C(=O)NCc3ccccc3)C2)no1. The maximum absolute atomic E-state index is 12.2. The second-order valence-electron chi connectivity index (χ2n) is 5.56. The number of likely N-dealkylation sites (tertiary alicyclic amines) is 1. The Balaban J connectivity index is 1.51. The average Bonchev–Trinajstić information content (AvgIpc) is 3.23. The summed E-state index contributed by atoms with van der Waals surface area (Å²) in [5, 5.41) is 6.92. The summed E-state index contributed by atoms with van der Waals surface area (Å²) in [4.78, 5) is 18.3. The molecule has 1 fully saturated rings. The van der Waals surface area contributed by atoms with Crippen LogP contribution in [-0.4, -0.2) is 41.3 Å². The van der Waals surface area contributed by atoms with Crippen LogP contribution in [0.3, 0.4) is 0 Å². The van der Waals surface area contributed by atoms with E-state index in [-0.39, 0.29) is 11.9 Å². The fourth-order valence-corrected chi connectivity index (χ4v) is 2.66. The molecular formula is C16H20N4O3. The van der Waals surface area contributed by atoms with E-state index in [9.17, 15) is 4.79 Å². The van der Waals surface area contributed by atoms with E-state index in [4.69, 9.17) is 9.26 Å². The molecule has 0 bridgehead atoms. The van der Waals surface area contributed by atoms with E-state index in [0.717, 1.165) is 12.0 Å². The second-order valence-corrected chi connectivity index (χ2v) is 5.56. The monoisotopic (exact) mass is 316 g/mol. The summed E-state index contributed by atoms with van der Waals surface area (Å²) >= 11 is 0. The van der Waals surface area contributed by atoms with Crippen molar-refractivity contribution < 1.29 is 14.1 Å². The van der Waals surface area contributed by atoms with Crippen molar-refractivity contribution in [1.29, 1.82) is 0 Å². The number of carbonyl (C=O) groups excluding carboxylic acids is 1. The van der Waals surface area contributed by atoms with Crippen LogP contribution >= 0.6 is 0 Å². The summed E-state index contributed by atoms with van der Waals surface area (Å²) in [6.45, 7) is 2.13. The number of hydrogen-bond acceptors (Lipinski definition) is 5. The van der Waals surface area contributed by atoms with E-state index in [1.54, 1.807) is 12.0 Å². The lowest BCUT2D eigenvalue weighted by molar-refractivity contribution is 0.151. The first-order valence-electron chi connectivity index (χ1n) is 7.64. The highest BCUT2D eigenvalue weighted by Crippen LogP contribution is 2.25. The Labute approximate surface area is 134 Å². The van der Waals surface area contributed by atoms with Crippen molar-refractivity contribution in [3.63, 3.8) is 0 Å². The summed E-state index contributed by atoms with van der Waals surface area (Å²) in [5.41, 5.74) is 1.08. The molecule has 1 aliphatic rings. The van der Waals surface area contributed by atoms with E-state index >= 15 is 0 Å². The predicted molar refractivity (Wildman–Crippen MR) is 82.6 cm³/mol. The van der Waals surface area contributed by atoms with E-state index in [1.807, 2.05) is 30.3 Å². The fourth-order valence-electron chi connectivity index (χ4n) is 2.66. The number of urea groups is 1. The number of ether oxygens (including phenoxy) is 1. The zero-order valence-corrected chi connectivity index (χ0v) is 13.1. The normalized spacial score (nSPS) is 17.4. The van der Waals surface area contributed by atoms with Gasteiger partial charge in [0.05, 0.1) is 0 Å². The van der Waals surface area contributed by atoms with Crippen molar-refractivity contribution in [3.8, 4) is 0 Å². The van der Waals surface area contributed by atoms with Gasteiger partial charge in [-0.2, -0.15) is 4.98 Å². The van der Waals surface area contributed by atoms with Gasteiger partial charge in [0.15, 0.2) is 5.82 Å². The molecule has 2 aromatic rings. The zero-order valence-electron chi connectivity index (χ0n) is 13.1. The number of nitrogens with one attached hydrogen (secondary N) is 1. The molecule has 1 aliphatic heterocycles. The zero-order chi connectivity index (χ0) is 16.1. The third kappa shape index (κ3) is 3.87. The van der Waals surface area contributed by atoms with Gasteiger partial charge in [0.25, 0.3) is 5.89 Å². The van der Waals surface area contributed by atoms with Gasteiger partial charge < -0.3 is 19.5 Å². The molecule has 23 heavy (non-hydrogen) atoms. The highest BCUT2D eigenvalue weighted by atomic mass is 16.5. The molecule has 2 amide bonds. The molecule has 1 aromatic heterocycles. The lowest BCUT2D eigenvalue weighted by Crippen LogP contribution is -2.38. The Morgan fingerprint density at radius 3 is 3.04 bits per heavy atom. The lowest BCUT2D eigenvalue weighted by Gasteiger charge is -2.16. The summed E-state index contributed by atoms with van der Waals surface area (Å²) in [7, 11) is 1.58. The van der Waals surface area contributed by atoms with Crippen LogP contribution in [0.1, 0.15) is 29.6 Å². The minimum absolute atomic E-state index is 0.0584. The standard InChI is InChI=1S/C16H20N4O3/c1-22-11-14-18-15(19-23-14)13-7-8-20(10-13)16(21)17-9-12-5-3-2-4-6-12/h2-6,13H,7-11H2,1H3,(H,17,21). The quantitative estimate of drug-likeness (QED) is 0.911. The number of carbonyl (C=O) groups is 1. The van der Waals surface area contributed by atoms with Crippen LogP contribution in [0.25, 0.3) is 0 Å². The first kappa shape index (κ1) is 15.5. The Morgan fingerprint density at radius 1 is 1.43 bits per heavy atom. The molecule has 0 saturated carbocycles. The predicted octanol–water partition coefficient (Wildman–Crippen LogP) is 1.92. The van der Waals surface area contributed by atoms with Gasteiger partial charge in [-0.05, 0) is 12.0 Å². The minimum Gasteiger partial charge on any atom is -0.375 e. The molecule has 2 heterocycles. The third-order valence-electron chi connectivity index (χ3n) is 3.88. The van der Waals surface area contributed by atoms with Gasteiger partial charge in [-0.25, -0.2) is 4.79 Å². The van der Waals surface area contributed by atoms with Crippen LogP contribution in [0, 0.1) is 0 Å². The molecule has 1 unspecified atom stereocenters. The van der Waals surface area contributed by atoms with Gasteiger partial charge in [-0.1, -0.05) is 35.5 Å². The average molecular weight is 316 g/mol. The Kier molecular flexibility index (Phi) is 4.87. The Bertz CT molecular complexity index is 644. The third-order valence-corrected chi connectivity index (χ3v) is 3.88. The van der Waals surface area contributed by atoms with E-state index in [0.29, 0.717) is 38.0 Å². The number of methoxy groups -OCH3 is 1. The molecular weight excluding hydrogens is 296 g/mol. The Hall–Kier alpha value is -2.41. The van der Waals surface area contributed by atoms with Crippen molar-refractivity contribution in [2.24, 2.45) is 0 Å². The smallest absolute Gasteiger partial charge is 0.317 e. The van der Waals surface area contributed by atoms with E-state index < -0.39 is 0 Å². The molecule has 1 aromatic carbocycles. The largest absolute Gasteiger partial charge is 0.375 e. The van der Waals surface area contributed by atoms with E-state index in [2.05, 4.69) is 15.5 Å². The maximum atomic E-state index is 12.2. The summed E-state index contributed by atoms with van der Waals surface area (Å²) in [6, 6.07) is 9.80. The van der Waals surface area contributed by atoms with Gasteiger partial charge in [-0.3, -0.25) is 0 Å². The number of hydrogen-bond donors (Lipinski definition) is 1. The van der Waals surface area contributed by atoms with Crippen LogP contribution < -0.4 is 5.32 Å². The van der Waals surface area contributed by atoms with Crippen molar-refractivity contribution >= 4 is 6.03 Å². The molecule has 0 aliphatic carbocycles. The summed E-state index contributed by atoms with van der Waals surface area (Å²) in [6.07, 6.45) is 0.838. The van der Waals surface area contributed by atoms with Gasteiger partial charge >= 0.3 is 6.03 Å². The van der Waals surface area contributed by atoms with Crippen LogP contribution in [0.4, 0.5) is 4.79 Å².